The summed E-state index contributed by atoms with van der Waals surface area (Å²) in [5.41, 5.74) is 0.691. The predicted molar refractivity (Wildman–Crippen MR) is 66.7 cm³/mol. The van der Waals surface area contributed by atoms with Crippen LogP contribution in [0.1, 0.15) is 12.5 Å². The molecule has 0 aromatic heterocycles. The van der Waals surface area contributed by atoms with Crippen molar-refractivity contribution in [2.24, 2.45) is 5.92 Å². The molecule has 1 atom stereocenters. The molecule has 0 saturated carbocycles. The van der Waals surface area contributed by atoms with Crippen molar-refractivity contribution in [1.29, 1.82) is 0 Å². The number of hydrogen-bond donors (Lipinski definition) is 2. The molecule has 0 aliphatic carbocycles. The number of amides is 1. The minimum atomic E-state index is -1.16. The molecule has 0 spiro atoms. The zero-order valence-electron chi connectivity index (χ0n) is 10.1. The van der Waals surface area contributed by atoms with Crippen LogP contribution in [0, 0.1) is 5.92 Å². The molecule has 0 bridgehead atoms. The van der Waals surface area contributed by atoms with Gasteiger partial charge in [-0.25, -0.2) is 0 Å². The lowest BCUT2D eigenvalue weighted by molar-refractivity contribution is -0.146. The van der Waals surface area contributed by atoms with Crippen molar-refractivity contribution in [3.05, 3.63) is 28.8 Å². The van der Waals surface area contributed by atoms with Crippen molar-refractivity contribution in [1.82, 2.24) is 5.32 Å². The van der Waals surface area contributed by atoms with Gasteiger partial charge < -0.3 is 15.2 Å². The Morgan fingerprint density at radius 3 is 2.72 bits per heavy atom. The van der Waals surface area contributed by atoms with E-state index in [-0.39, 0.29) is 6.54 Å². The number of benzene rings is 1. The second-order valence-electron chi connectivity index (χ2n) is 3.73. The van der Waals surface area contributed by atoms with Crippen LogP contribution in [-0.2, 0) is 16.1 Å². The third-order valence-corrected chi connectivity index (χ3v) is 2.69. The molecule has 1 rings (SSSR count). The Morgan fingerprint density at radius 2 is 2.17 bits per heavy atom. The van der Waals surface area contributed by atoms with Crippen molar-refractivity contribution < 1.29 is 19.4 Å². The highest BCUT2D eigenvalue weighted by Gasteiger charge is 2.20. The van der Waals surface area contributed by atoms with Gasteiger partial charge in [-0.15, -0.1) is 0 Å². The normalized spacial score (nSPS) is 11.7. The molecule has 0 aliphatic heterocycles. The number of methoxy groups -OCH3 is 1. The van der Waals surface area contributed by atoms with Crippen LogP contribution < -0.4 is 10.1 Å². The van der Waals surface area contributed by atoms with E-state index in [1.54, 1.807) is 18.2 Å². The van der Waals surface area contributed by atoms with Gasteiger partial charge in [-0.2, -0.15) is 0 Å². The standard InChI is InChI=1S/C12H14ClNO4/c1-7(12(16)17)11(15)14-6-8-5-9(13)3-4-10(8)18-2/h3-5,7H,6H2,1-2H3,(H,14,15)(H,16,17). The SMILES string of the molecule is COc1ccc(Cl)cc1CNC(=O)C(C)C(=O)O. The number of halogens is 1. The minimum absolute atomic E-state index is 0.167. The van der Waals surface area contributed by atoms with Gasteiger partial charge in [0, 0.05) is 17.1 Å². The average molecular weight is 272 g/mol. The Hall–Kier alpha value is -1.75. The van der Waals surface area contributed by atoms with Crippen LogP contribution >= 0.6 is 11.6 Å². The second-order valence-corrected chi connectivity index (χ2v) is 4.17. The summed E-state index contributed by atoms with van der Waals surface area (Å²) in [6.07, 6.45) is 0. The van der Waals surface area contributed by atoms with Gasteiger partial charge in [-0.05, 0) is 25.1 Å². The Balaban J connectivity index is 2.71. The molecule has 0 radical (unpaired) electrons. The second kappa shape index (κ2) is 6.26. The molecule has 5 nitrogen and oxygen atoms in total. The number of carbonyl (C=O) groups is 2. The largest absolute Gasteiger partial charge is 0.496 e. The summed E-state index contributed by atoms with van der Waals surface area (Å²) in [6.45, 7) is 1.49. The van der Waals surface area contributed by atoms with Crippen LogP contribution in [0.5, 0.6) is 5.75 Å². The molecule has 18 heavy (non-hydrogen) atoms. The van der Waals surface area contributed by atoms with Gasteiger partial charge in [0.2, 0.25) is 5.91 Å². The monoisotopic (exact) mass is 271 g/mol. The zero-order chi connectivity index (χ0) is 13.7. The van der Waals surface area contributed by atoms with E-state index in [4.69, 9.17) is 21.4 Å². The molecule has 6 heteroatoms. The van der Waals surface area contributed by atoms with Gasteiger partial charge in [0.05, 0.1) is 7.11 Å². The van der Waals surface area contributed by atoms with Crippen LogP contribution in [0.25, 0.3) is 0 Å². The minimum Gasteiger partial charge on any atom is -0.496 e. The van der Waals surface area contributed by atoms with E-state index in [1.165, 1.54) is 14.0 Å². The van der Waals surface area contributed by atoms with Crippen LogP contribution in [0.3, 0.4) is 0 Å². The number of carboxylic acid groups (broad SMARTS) is 1. The van der Waals surface area contributed by atoms with Gasteiger partial charge in [-0.3, -0.25) is 9.59 Å². The topological polar surface area (TPSA) is 75.6 Å². The van der Waals surface area contributed by atoms with E-state index in [2.05, 4.69) is 5.32 Å². The molecular formula is C12H14ClNO4. The maximum absolute atomic E-state index is 11.5. The highest BCUT2D eigenvalue weighted by Crippen LogP contribution is 2.22. The van der Waals surface area contributed by atoms with Crippen LogP contribution in [0.15, 0.2) is 18.2 Å². The molecule has 1 unspecified atom stereocenters. The van der Waals surface area contributed by atoms with Crippen molar-refractivity contribution in [2.45, 2.75) is 13.5 Å². The summed E-state index contributed by atoms with van der Waals surface area (Å²) < 4.78 is 5.11. The molecule has 0 heterocycles. The van der Waals surface area contributed by atoms with Crippen molar-refractivity contribution in [3.8, 4) is 5.75 Å². The first-order valence-corrected chi connectivity index (χ1v) is 5.66. The van der Waals surface area contributed by atoms with Crippen molar-refractivity contribution in [2.75, 3.05) is 7.11 Å². The van der Waals surface area contributed by atoms with Gasteiger partial charge in [0.25, 0.3) is 0 Å². The van der Waals surface area contributed by atoms with Gasteiger partial charge in [-0.1, -0.05) is 11.6 Å². The molecular weight excluding hydrogens is 258 g/mol. The summed E-state index contributed by atoms with van der Waals surface area (Å²) in [5.74, 6) is -2.21. The number of ether oxygens (including phenoxy) is 1. The number of carboxylic acids is 1. The highest BCUT2D eigenvalue weighted by atomic mass is 35.5. The fraction of sp³-hybridized carbons (Fsp3) is 0.333. The first kappa shape index (κ1) is 14.3. The Labute approximate surface area is 110 Å². The maximum atomic E-state index is 11.5. The number of carbonyl (C=O) groups excluding carboxylic acids is 1. The molecule has 98 valence electrons. The molecule has 1 amide bonds. The first-order valence-electron chi connectivity index (χ1n) is 5.28. The predicted octanol–water partition coefficient (Wildman–Crippen LogP) is 1.69. The first-order chi connectivity index (χ1) is 8.45. The molecule has 0 fully saturated rings. The highest BCUT2D eigenvalue weighted by molar-refractivity contribution is 6.30. The Bertz CT molecular complexity index is 461. The Morgan fingerprint density at radius 1 is 1.50 bits per heavy atom. The van der Waals surface area contributed by atoms with Crippen molar-refractivity contribution >= 4 is 23.5 Å². The van der Waals surface area contributed by atoms with Crippen LogP contribution in [-0.4, -0.2) is 24.1 Å². The molecule has 1 aromatic carbocycles. The van der Waals surface area contributed by atoms with Crippen molar-refractivity contribution in [3.63, 3.8) is 0 Å². The molecule has 2 N–H and O–H groups in total. The fourth-order valence-electron chi connectivity index (χ4n) is 1.33. The number of nitrogens with one attached hydrogen (secondary N) is 1. The lowest BCUT2D eigenvalue weighted by atomic mass is 10.1. The number of hydrogen-bond acceptors (Lipinski definition) is 3. The molecule has 0 aliphatic rings. The summed E-state index contributed by atoms with van der Waals surface area (Å²) in [6, 6.07) is 5.02. The lowest BCUT2D eigenvalue weighted by Crippen LogP contribution is -2.33. The third kappa shape index (κ3) is 3.63. The average Bonchev–Trinajstić information content (AvgIpc) is 2.35. The maximum Gasteiger partial charge on any atom is 0.315 e. The number of aliphatic carboxylic acids is 1. The quantitative estimate of drug-likeness (QED) is 0.799. The van der Waals surface area contributed by atoms with E-state index in [1.807, 2.05) is 0 Å². The van der Waals surface area contributed by atoms with Crippen LogP contribution in [0.4, 0.5) is 0 Å². The molecule has 0 saturated heterocycles. The van der Waals surface area contributed by atoms with E-state index >= 15 is 0 Å². The Kier molecular flexibility index (Phi) is 4.97. The summed E-state index contributed by atoms with van der Waals surface area (Å²) in [5, 5.41) is 11.7. The lowest BCUT2D eigenvalue weighted by Gasteiger charge is -2.11. The van der Waals surface area contributed by atoms with Gasteiger partial charge in [0.1, 0.15) is 11.7 Å². The number of rotatable bonds is 5. The van der Waals surface area contributed by atoms with Gasteiger partial charge in [0.15, 0.2) is 0 Å². The summed E-state index contributed by atoms with van der Waals surface area (Å²) >= 11 is 5.84. The summed E-state index contributed by atoms with van der Waals surface area (Å²) in [4.78, 5) is 22.1. The zero-order valence-corrected chi connectivity index (χ0v) is 10.8. The third-order valence-electron chi connectivity index (χ3n) is 2.46. The smallest absolute Gasteiger partial charge is 0.315 e. The van der Waals surface area contributed by atoms with Gasteiger partial charge >= 0.3 is 5.97 Å². The summed E-state index contributed by atoms with van der Waals surface area (Å²) in [7, 11) is 1.51. The van der Waals surface area contributed by atoms with E-state index in [0.717, 1.165) is 0 Å². The molecule has 1 aromatic rings. The van der Waals surface area contributed by atoms with E-state index in [9.17, 15) is 9.59 Å². The van der Waals surface area contributed by atoms with E-state index < -0.39 is 17.8 Å². The van der Waals surface area contributed by atoms with Crippen LogP contribution in [0.2, 0.25) is 5.02 Å². The fourth-order valence-corrected chi connectivity index (χ4v) is 1.53. The van der Waals surface area contributed by atoms with E-state index in [0.29, 0.717) is 16.3 Å².